The first-order valence-electron chi connectivity index (χ1n) is 12.7. The van der Waals surface area contributed by atoms with Crippen LogP contribution < -0.4 is 10.2 Å². The Bertz CT molecular complexity index is 1580. The molecule has 1 unspecified atom stereocenters. The Kier molecular flexibility index (Phi) is 5.98. The van der Waals surface area contributed by atoms with Crippen LogP contribution in [0.25, 0.3) is 10.4 Å². The van der Waals surface area contributed by atoms with Crippen LogP contribution in [0.1, 0.15) is 54.2 Å². The van der Waals surface area contributed by atoms with Crippen LogP contribution in [0.2, 0.25) is 0 Å². The summed E-state index contributed by atoms with van der Waals surface area (Å²) < 4.78 is 25.6. The van der Waals surface area contributed by atoms with E-state index in [1.165, 1.54) is 11.3 Å². The van der Waals surface area contributed by atoms with Gasteiger partial charge in [-0.05, 0) is 68.4 Å². The monoisotopic (exact) mass is 552 g/mol. The van der Waals surface area contributed by atoms with Crippen molar-refractivity contribution in [3.63, 3.8) is 0 Å². The summed E-state index contributed by atoms with van der Waals surface area (Å²) in [5.74, 6) is 1.19. The van der Waals surface area contributed by atoms with Gasteiger partial charge in [0.1, 0.15) is 5.82 Å². The van der Waals surface area contributed by atoms with Crippen LogP contribution in [0.3, 0.4) is 0 Å². The molecular formula is C26H28N6O4S2. The fourth-order valence-electron chi connectivity index (χ4n) is 5.29. The number of aromatic nitrogens is 3. The van der Waals surface area contributed by atoms with E-state index in [1.807, 2.05) is 24.8 Å². The first-order valence-corrected chi connectivity index (χ1v) is 15.4. The van der Waals surface area contributed by atoms with Crippen molar-refractivity contribution in [2.24, 2.45) is 5.92 Å². The molecule has 1 N–H and O–H groups in total. The fraction of sp³-hybridized carbons (Fsp3) is 0.423. The summed E-state index contributed by atoms with van der Waals surface area (Å²) in [6, 6.07) is 5.30. The van der Waals surface area contributed by atoms with E-state index < -0.39 is 9.84 Å². The molecule has 1 atom stereocenters. The number of fused-ring (bicyclic) bond motifs is 1. The molecule has 1 aliphatic carbocycles. The molecule has 2 aliphatic heterocycles. The second-order valence-electron chi connectivity index (χ2n) is 10.2. The van der Waals surface area contributed by atoms with E-state index >= 15 is 0 Å². The van der Waals surface area contributed by atoms with Gasteiger partial charge >= 0.3 is 0 Å². The zero-order chi connectivity index (χ0) is 26.8. The van der Waals surface area contributed by atoms with Crippen molar-refractivity contribution in [2.75, 3.05) is 23.0 Å². The number of benzene rings is 1. The topological polar surface area (TPSA) is 125 Å². The number of amides is 2. The van der Waals surface area contributed by atoms with Gasteiger partial charge in [-0.1, -0.05) is 11.3 Å². The molecule has 0 bridgehead atoms. The molecule has 0 spiro atoms. The van der Waals surface area contributed by atoms with Crippen molar-refractivity contribution in [1.29, 1.82) is 0 Å². The van der Waals surface area contributed by atoms with Crippen LogP contribution in [0, 0.1) is 12.8 Å². The van der Waals surface area contributed by atoms with Crippen LogP contribution in [-0.4, -0.2) is 58.9 Å². The third kappa shape index (κ3) is 4.45. The number of rotatable bonds is 7. The first kappa shape index (κ1) is 24.9. The second kappa shape index (κ2) is 9.12. The number of hydrogen-bond donors (Lipinski definition) is 1. The predicted octanol–water partition coefficient (Wildman–Crippen LogP) is 3.94. The van der Waals surface area contributed by atoms with Crippen molar-refractivity contribution in [2.45, 2.75) is 57.0 Å². The smallest absolute Gasteiger partial charge is 0.256 e. The van der Waals surface area contributed by atoms with Gasteiger partial charge in [-0.3, -0.25) is 19.8 Å². The second-order valence-corrected chi connectivity index (χ2v) is 13.2. The van der Waals surface area contributed by atoms with Crippen LogP contribution in [0.15, 0.2) is 29.3 Å². The zero-order valence-electron chi connectivity index (χ0n) is 21.4. The lowest BCUT2D eigenvalue weighted by Crippen LogP contribution is -2.35. The number of aryl methyl sites for hydroxylation is 1. The summed E-state index contributed by atoms with van der Waals surface area (Å²) >= 11 is 1.36. The van der Waals surface area contributed by atoms with Crippen LogP contribution in [-0.2, 0) is 21.2 Å². The molecule has 10 nitrogen and oxygen atoms in total. The maximum atomic E-state index is 13.3. The number of hydrogen-bond acceptors (Lipinski definition) is 9. The molecule has 3 aliphatic rings. The van der Waals surface area contributed by atoms with E-state index in [0.29, 0.717) is 53.5 Å². The van der Waals surface area contributed by atoms with Crippen LogP contribution in [0.4, 0.5) is 16.9 Å². The number of nitrogens with zero attached hydrogens (tertiary/aromatic N) is 5. The zero-order valence-corrected chi connectivity index (χ0v) is 23.0. The van der Waals surface area contributed by atoms with E-state index in [4.69, 9.17) is 0 Å². The third-order valence-electron chi connectivity index (χ3n) is 7.46. The highest BCUT2D eigenvalue weighted by atomic mass is 32.2. The minimum atomic E-state index is -3.65. The summed E-state index contributed by atoms with van der Waals surface area (Å²) in [6.45, 7) is 4.94. The summed E-state index contributed by atoms with van der Waals surface area (Å²) in [5, 5.41) is 3.67. The lowest BCUT2D eigenvalue weighted by atomic mass is 10.0. The molecule has 2 fully saturated rings. The highest BCUT2D eigenvalue weighted by molar-refractivity contribution is 7.90. The Balaban J connectivity index is 1.33. The molecule has 2 aromatic heterocycles. The average molecular weight is 553 g/mol. The van der Waals surface area contributed by atoms with E-state index in [0.717, 1.165) is 41.7 Å². The lowest BCUT2D eigenvalue weighted by Gasteiger charge is -2.24. The van der Waals surface area contributed by atoms with Gasteiger partial charge in [0.2, 0.25) is 11.9 Å². The van der Waals surface area contributed by atoms with Crippen molar-refractivity contribution in [3.8, 4) is 10.4 Å². The average Bonchev–Trinajstić information content (AvgIpc) is 3.41. The Morgan fingerprint density at radius 1 is 1.18 bits per heavy atom. The van der Waals surface area contributed by atoms with Gasteiger partial charge in [0, 0.05) is 38.0 Å². The maximum absolute atomic E-state index is 13.3. The van der Waals surface area contributed by atoms with Crippen molar-refractivity contribution >= 4 is 49.9 Å². The van der Waals surface area contributed by atoms with Gasteiger partial charge in [-0.25, -0.2) is 18.4 Å². The predicted molar refractivity (Wildman–Crippen MR) is 144 cm³/mol. The van der Waals surface area contributed by atoms with Gasteiger partial charge in [0.05, 0.1) is 21.0 Å². The Morgan fingerprint density at radius 3 is 2.66 bits per heavy atom. The Morgan fingerprint density at radius 2 is 1.97 bits per heavy atom. The molecule has 198 valence electrons. The van der Waals surface area contributed by atoms with E-state index in [-0.39, 0.29) is 22.8 Å². The molecule has 1 aromatic carbocycles. The van der Waals surface area contributed by atoms with E-state index in [1.54, 1.807) is 23.2 Å². The number of thiazole rings is 1. The minimum absolute atomic E-state index is 0.0453. The molecule has 4 heterocycles. The highest BCUT2D eigenvalue weighted by Gasteiger charge is 2.41. The molecule has 2 amide bonds. The van der Waals surface area contributed by atoms with Gasteiger partial charge in [0.25, 0.3) is 5.91 Å². The minimum Gasteiger partial charge on any atom is -0.331 e. The number of nitrogens with one attached hydrogen (secondary N) is 1. The highest BCUT2D eigenvalue weighted by Crippen LogP contribution is 2.42. The molecule has 1 saturated carbocycles. The molecule has 12 heteroatoms. The Labute approximate surface area is 225 Å². The summed E-state index contributed by atoms with van der Waals surface area (Å²) in [5.41, 5.74) is 2.45. The molecule has 0 radical (unpaired) electrons. The van der Waals surface area contributed by atoms with Crippen molar-refractivity contribution in [1.82, 2.24) is 19.9 Å². The van der Waals surface area contributed by atoms with Crippen LogP contribution in [0.5, 0.6) is 0 Å². The largest absolute Gasteiger partial charge is 0.331 e. The van der Waals surface area contributed by atoms with Crippen molar-refractivity contribution in [3.05, 3.63) is 41.2 Å². The third-order valence-corrected chi connectivity index (χ3v) is 9.71. The Hall–Kier alpha value is -3.38. The maximum Gasteiger partial charge on any atom is 0.256 e. The quantitative estimate of drug-likeness (QED) is 0.467. The summed E-state index contributed by atoms with van der Waals surface area (Å²) in [7, 11) is -3.65. The fourth-order valence-corrected chi connectivity index (χ4v) is 7.17. The molecule has 6 rings (SSSR count). The molecule has 1 saturated heterocycles. The van der Waals surface area contributed by atoms with Crippen molar-refractivity contribution < 1.29 is 18.0 Å². The summed E-state index contributed by atoms with van der Waals surface area (Å²) in [4.78, 5) is 43.1. The van der Waals surface area contributed by atoms with Gasteiger partial charge < -0.3 is 4.90 Å². The lowest BCUT2D eigenvalue weighted by molar-refractivity contribution is -0.117. The van der Waals surface area contributed by atoms with E-state index in [9.17, 15) is 18.0 Å². The molecule has 38 heavy (non-hydrogen) atoms. The summed E-state index contributed by atoms with van der Waals surface area (Å²) in [6.07, 6.45) is 6.27. The molecule has 3 aromatic rings. The van der Waals surface area contributed by atoms with Gasteiger partial charge in [0.15, 0.2) is 15.0 Å². The first-order chi connectivity index (χ1) is 18.1. The SMILES string of the molecule is Cc1nc(Nc2nccc(N3CCCC3=O)n2)sc1-c1cc2c(c(S(C)(=O)=O)c1)C(=O)N(C(C)C1CC1)C2. The number of carbonyl (C=O) groups is 2. The van der Waals surface area contributed by atoms with E-state index in [2.05, 4.69) is 20.3 Å². The normalized spacial score (nSPS) is 18.3. The van der Waals surface area contributed by atoms with Gasteiger partial charge in [-0.15, -0.1) is 0 Å². The molecular weight excluding hydrogens is 524 g/mol. The number of sulfone groups is 1. The van der Waals surface area contributed by atoms with Crippen LogP contribution >= 0.6 is 11.3 Å². The number of carbonyl (C=O) groups excluding carboxylic acids is 2. The number of anilines is 3. The van der Waals surface area contributed by atoms with Gasteiger partial charge in [-0.2, -0.15) is 4.98 Å². The standard InChI is InChI=1S/C26H28N6O4S2/c1-14-23(37-26(28-14)30-25-27-9-8-20(29-25)31-10-4-5-21(31)33)17-11-18-13-32(15(2)16-6-7-16)24(34)22(18)19(12-17)38(3,35)36/h8-9,11-12,15-16H,4-7,10,13H2,1-3H3,(H,27,28,29,30).